The molecule has 0 bridgehead atoms. The molecule has 1 aromatic carbocycles. The number of halogens is 2. The Morgan fingerprint density at radius 1 is 1.47 bits per heavy atom. The number of rotatable bonds is 3. The van der Waals surface area contributed by atoms with Gasteiger partial charge >= 0.3 is 0 Å². The average Bonchev–Trinajstić information content (AvgIpc) is 2.66. The molecule has 2 N–H and O–H groups in total. The third kappa shape index (κ3) is 2.31. The van der Waals surface area contributed by atoms with E-state index in [9.17, 15) is 4.39 Å². The highest BCUT2D eigenvalue weighted by Gasteiger charge is 2.12. The van der Waals surface area contributed by atoms with Crippen LogP contribution in [0.2, 0.25) is 0 Å². The van der Waals surface area contributed by atoms with Crippen molar-refractivity contribution in [1.29, 1.82) is 0 Å². The molecular weight excluding hydrogens is 287 g/mol. The highest BCUT2D eigenvalue weighted by Crippen LogP contribution is 2.21. The zero-order valence-corrected chi connectivity index (χ0v) is 10.9. The van der Waals surface area contributed by atoms with E-state index in [1.807, 2.05) is 6.92 Å². The van der Waals surface area contributed by atoms with E-state index in [1.54, 1.807) is 16.8 Å². The summed E-state index contributed by atoms with van der Waals surface area (Å²) in [5.74, 6) is 0.0641. The van der Waals surface area contributed by atoms with Crippen LogP contribution in [-0.2, 0) is 6.42 Å². The van der Waals surface area contributed by atoms with Crippen LogP contribution in [0.1, 0.15) is 19.0 Å². The van der Waals surface area contributed by atoms with Gasteiger partial charge in [-0.05, 0) is 34.5 Å². The third-order valence-electron chi connectivity index (χ3n) is 2.43. The number of nitrogens with zero attached hydrogens (tertiary/aromatic N) is 3. The minimum atomic E-state index is -0.334. The maximum atomic E-state index is 13.4. The molecule has 0 saturated heterocycles. The molecule has 1 heterocycles. The van der Waals surface area contributed by atoms with Crippen molar-refractivity contribution in [2.24, 2.45) is 0 Å². The normalized spacial score (nSPS) is 10.8. The van der Waals surface area contributed by atoms with Crippen molar-refractivity contribution in [3.8, 4) is 5.69 Å². The van der Waals surface area contributed by atoms with Crippen molar-refractivity contribution in [3.63, 3.8) is 0 Å². The molecule has 90 valence electrons. The van der Waals surface area contributed by atoms with Gasteiger partial charge in [0.1, 0.15) is 5.82 Å². The lowest BCUT2D eigenvalue weighted by Crippen LogP contribution is -2.04. The smallest absolute Gasteiger partial charge is 0.169 e. The molecule has 0 aliphatic heterocycles. The molecule has 0 fully saturated rings. The number of hydrogen-bond acceptors (Lipinski definition) is 3. The zero-order chi connectivity index (χ0) is 12.4. The van der Waals surface area contributed by atoms with E-state index < -0.39 is 0 Å². The van der Waals surface area contributed by atoms with Crippen molar-refractivity contribution in [2.75, 3.05) is 5.73 Å². The Hall–Kier alpha value is -1.43. The van der Waals surface area contributed by atoms with Crippen molar-refractivity contribution in [2.45, 2.75) is 19.8 Å². The van der Waals surface area contributed by atoms with Gasteiger partial charge in [-0.2, -0.15) is 0 Å². The standard InChI is InChI=1S/C11H12BrFN4/c1-2-3-10-11(14)15-16-17(10)7-4-5-8(12)9(13)6-7/h4-6H,2-3,14H2,1H3. The van der Waals surface area contributed by atoms with Crippen LogP contribution in [0.4, 0.5) is 10.2 Å². The van der Waals surface area contributed by atoms with Crippen LogP contribution in [0.15, 0.2) is 22.7 Å². The van der Waals surface area contributed by atoms with Crippen molar-refractivity contribution >= 4 is 21.7 Å². The van der Waals surface area contributed by atoms with Gasteiger partial charge in [-0.1, -0.05) is 18.6 Å². The largest absolute Gasteiger partial charge is 0.381 e. The van der Waals surface area contributed by atoms with Crippen molar-refractivity contribution in [3.05, 3.63) is 34.2 Å². The summed E-state index contributed by atoms with van der Waals surface area (Å²) >= 11 is 3.11. The first-order chi connectivity index (χ1) is 8.13. The average molecular weight is 299 g/mol. The number of aromatic nitrogens is 3. The molecule has 0 amide bonds. The minimum Gasteiger partial charge on any atom is -0.381 e. The maximum absolute atomic E-state index is 13.4. The fourth-order valence-corrected chi connectivity index (χ4v) is 1.85. The molecule has 2 rings (SSSR count). The summed E-state index contributed by atoms with van der Waals surface area (Å²) < 4.78 is 15.4. The van der Waals surface area contributed by atoms with Crippen LogP contribution in [0.25, 0.3) is 5.69 Å². The van der Waals surface area contributed by atoms with E-state index in [4.69, 9.17) is 5.73 Å². The molecular formula is C11H12BrFN4. The Bertz CT molecular complexity index is 538. The predicted molar refractivity (Wildman–Crippen MR) is 67.4 cm³/mol. The van der Waals surface area contributed by atoms with Crippen LogP contribution in [-0.4, -0.2) is 15.0 Å². The first-order valence-corrected chi connectivity index (χ1v) is 6.08. The molecule has 2 aromatic rings. The molecule has 1 aromatic heterocycles. The number of benzene rings is 1. The fourth-order valence-electron chi connectivity index (χ4n) is 1.61. The lowest BCUT2D eigenvalue weighted by molar-refractivity contribution is 0.617. The molecule has 6 heteroatoms. The van der Waals surface area contributed by atoms with E-state index in [0.717, 1.165) is 18.5 Å². The molecule has 0 unspecified atom stereocenters. The van der Waals surface area contributed by atoms with Crippen LogP contribution >= 0.6 is 15.9 Å². The third-order valence-corrected chi connectivity index (χ3v) is 3.07. The van der Waals surface area contributed by atoms with Crippen molar-refractivity contribution < 1.29 is 4.39 Å². The molecule has 0 spiro atoms. The second kappa shape index (κ2) is 4.83. The fraction of sp³-hybridized carbons (Fsp3) is 0.273. The Kier molecular flexibility index (Phi) is 3.42. The van der Waals surface area contributed by atoms with Crippen LogP contribution in [0.5, 0.6) is 0 Å². The van der Waals surface area contributed by atoms with Gasteiger partial charge in [0.25, 0.3) is 0 Å². The number of anilines is 1. The lowest BCUT2D eigenvalue weighted by Gasteiger charge is -2.06. The second-order valence-corrected chi connectivity index (χ2v) is 4.54. The van der Waals surface area contributed by atoms with Gasteiger partial charge in [0.15, 0.2) is 5.82 Å². The molecule has 0 aliphatic rings. The monoisotopic (exact) mass is 298 g/mol. The van der Waals surface area contributed by atoms with Gasteiger partial charge in [-0.15, -0.1) is 5.10 Å². The predicted octanol–water partition coefficient (Wildman–Crippen LogP) is 2.70. The molecule has 0 saturated carbocycles. The summed E-state index contributed by atoms with van der Waals surface area (Å²) in [7, 11) is 0. The summed E-state index contributed by atoms with van der Waals surface area (Å²) in [5.41, 5.74) is 7.17. The van der Waals surface area contributed by atoms with Gasteiger partial charge in [0.2, 0.25) is 0 Å². The van der Waals surface area contributed by atoms with E-state index in [0.29, 0.717) is 16.0 Å². The van der Waals surface area contributed by atoms with E-state index >= 15 is 0 Å². The Labute approximate surface area is 107 Å². The zero-order valence-electron chi connectivity index (χ0n) is 9.32. The van der Waals surface area contributed by atoms with Crippen molar-refractivity contribution in [1.82, 2.24) is 15.0 Å². The van der Waals surface area contributed by atoms with E-state index in [2.05, 4.69) is 26.2 Å². The summed E-state index contributed by atoms with van der Waals surface area (Å²) in [4.78, 5) is 0. The summed E-state index contributed by atoms with van der Waals surface area (Å²) in [6.45, 7) is 2.04. The minimum absolute atomic E-state index is 0.334. The second-order valence-electron chi connectivity index (χ2n) is 3.68. The number of hydrogen-bond donors (Lipinski definition) is 1. The highest BCUT2D eigenvalue weighted by atomic mass is 79.9. The van der Waals surface area contributed by atoms with Gasteiger partial charge in [-0.3, -0.25) is 0 Å². The molecule has 0 atom stereocenters. The summed E-state index contributed by atoms with van der Waals surface area (Å²) in [5, 5.41) is 7.76. The Balaban J connectivity index is 2.48. The number of nitrogens with two attached hydrogens (primary N) is 1. The Morgan fingerprint density at radius 3 is 2.88 bits per heavy atom. The van der Waals surface area contributed by atoms with Crippen LogP contribution in [0, 0.1) is 5.82 Å². The van der Waals surface area contributed by atoms with Gasteiger partial charge in [0.05, 0.1) is 15.9 Å². The quantitative estimate of drug-likeness (QED) is 0.948. The molecule has 4 nitrogen and oxygen atoms in total. The first kappa shape index (κ1) is 12.0. The van der Waals surface area contributed by atoms with Crippen LogP contribution < -0.4 is 5.73 Å². The maximum Gasteiger partial charge on any atom is 0.169 e. The molecule has 17 heavy (non-hydrogen) atoms. The van der Waals surface area contributed by atoms with E-state index in [-0.39, 0.29) is 5.82 Å². The van der Waals surface area contributed by atoms with Gasteiger partial charge < -0.3 is 5.73 Å². The molecule has 0 radical (unpaired) electrons. The topological polar surface area (TPSA) is 56.7 Å². The summed E-state index contributed by atoms with van der Waals surface area (Å²) in [6, 6.07) is 4.80. The Morgan fingerprint density at radius 2 is 2.24 bits per heavy atom. The number of nitrogen functional groups attached to an aromatic ring is 1. The SMILES string of the molecule is CCCc1c(N)nnn1-c1ccc(Br)c(F)c1. The van der Waals surface area contributed by atoms with E-state index in [1.165, 1.54) is 6.07 Å². The first-order valence-electron chi connectivity index (χ1n) is 5.29. The van der Waals surface area contributed by atoms with Crippen LogP contribution in [0.3, 0.4) is 0 Å². The van der Waals surface area contributed by atoms with Gasteiger partial charge in [0, 0.05) is 6.07 Å². The highest BCUT2D eigenvalue weighted by molar-refractivity contribution is 9.10. The van der Waals surface area contributed by atoms with Gasteiger partial charge in [-0.25, -0.2) is 9.07 Å². The lowest BCUT2D eigenvalue weighted by atomic mass is 10.2. The summed E-state index contributed by atoms with van der Waals surface area (Å²) in [6.07, 6.45) is 1.69. The molecule has 0 aliphatic carbocycles.